The topological polar surface area (TPSA) is 64.6 Å². The Morgan fingerprint density at radius 2 is 1.17 bits per heavy atom. The number of amides is 1. The Balaban J connectivity index is 3.75. The van der Waals surface area contributed by atoms with E-state index in [0.29, 0.717) is 19.6 Å². The molecule has 0 aliphatic rings. The van der Waals surface area contributed by atoms with Gasteiger partial charge in [-0.25, -0.2) is 9.59 Å². The maximum atomic E-state index is 12.2. The van der Waals surface area contributed by atoms with Crippen molar-refractivity contribution in [2.24, 2.45) is 0 Å². The van der Waals surface area contributed by atoms with Gasteiger partial charge < -0.3 is 14.8 Å². The first-order valence-electron chi connectivity index (χ1n) is 12.4. The fourth-order valence-electron chi connectivity index (χ4n) is 3.30. The Morgan fingerprint density at radius 1 is 0.733 bits per heavy atom. The highest BCUT2D eigenvalue weighted by Gasteiger charge is 2.21. The molecule has 1 unspecified atom stereocenters. The van der Waals surface area contributed by atoms with Crippen LogP contribution in [0.2, 0.25) is 0 Å². The van der Waals surface area contributed by atoms with Crippen molar-refractivity contribution in [2.45, 2.75) is 123 Å². The molecule has 176 valence electrons. The van der Waals surface area contributed by atoms with Crippen molar-refractivity contribution in [3.8, 4) is 0 Å². The molecule has 0 aliphatic heterocycles. The van der Waals surface area contributed by atoms with Gasteiger partial charge in [-0.3, -0.25) is 0 Å². The molecule has 0 aliphatic carbocycles. The summed E-state index contributed by atoms with van der Waals surface area (Å²) in [7, 11) is 0. The van der Waals surface area contributed by atoms with Crippen LogP contribution in [0, 0.1) is 0 Å². The Labute approximate surface area is 185 Å². The van der Waals surface area contributed by atoms with E-state index in [2.05, 4.69) is 25.7 Å². The van der Waals surface area contributed by atoms with E-state index >= 15 is 0 Å². The zero-order chi connectivity index (χ0) is 22.3. The summed E-state index contributed by atoms with van der Waals surface area (Å²) in [6, 6.07) is -0.724. The van der Waals surface area contributed by atoms with Gasteiger partial charge in [-0.15, -0.1) is 6.58 Å². The first kappa shape index (κ1) is 28.5. The van der Waals surface area contributed by atoms with Gasteiger partial charge >= 0.3 is 12.1 Å². The van der Waals surface area contributed by atoms with E-state index < -0.39 is 18.1 Å². The molecule has 1 atom stereocenters. The summed E-state index contributed by atoms with van der Waals surface area (Å²) in [5, 5.41) is 2.60. The average Bonchev–Trinajstić information content (AvgIpc) is 2.74. The largest absolute Gasteiger partial charge is 0.464 e. The quantitative estimate of drug-likeness (QED) is 0.121. The third kappa shape index (κ3) is 18.5. The number of carbonyl (C=O) groups excluding carboxylic acids is 2. The first-order valence-corrected chi connectivity index (χ1v) is 12.4. The Hall–Kier alpha value is -1.52. The minimum Gasteiger partial charge on any atom is -0.464 e. The van der Waals surface area contributed by atoms with Crippen LogP contribution >= 0.6 is 0 Å². The number of carbonyl (C=O) groups is 2. The van der Waals surface area contributed by atoms with Gasteiger partial charge in [-0.2, -0.15) is 0 Å². The highest BCUT2D eigenvalue weighted by molar-refractivity contribution is 5.81. The number of hydrogen-bond acceptors (Lipinski definition) is 4. The van der Waals surface area contributed by atoms with Gasteiger partial charge in [0.05, 0.1) is 13.2 Å². The van der Waals surface area contributed by atoms with Gasteiger partial charge in [0, 0.05) is 0 Å². The predicted octanol–water partition coefficient (Wildman–Crippen LogP) is 7.09. The van der Waals surface area contributed by atoms with Crippen LogP contribution < -0.4 is 5.32 Å². The fourth-order valence-corrected chi connectivity index (χ4v) is 3.30. The van der Waals surface area contributed by atoms with Gasteiger partial charge in [0.1, 0.15) is 6.04 Å². The van der Waals surface area contributed by atoms with Gasteiger partial charge in [-0.05, 0) is 19.3 Å². The van der Waals surface area contributed by atoms with Gasteiger partial charge in [0.2, 0.25) is 0 Å². The average molecular weight is 426 g/mol. The van der Waals surface area contributed by atoms with E-state index in [0.717, 1.165) is 38.5 Å². The van der Waals surface area contributed by atoms with Crippen molar-refractivity contribution in [2.75, 3.05) is 13.2 Å². The maximum Gasteiger partial charge on any atom is 0.407 e. The molecule has 0 radical (unpaired) electrons. The van der Waals surface area contributed by atoms with E-state index in [1.54, 1.807) is 6.08 Å². The van der Waals surface area contributed by atoms with E-state index in [9.17, 15) is 9.59 Å². The summed E-state index contributed by atoms with van der Waals surface area (Å²) in [5.41, 5.74) is 0. The van der Waals surface area contributed by atoms with Crippen molar-refractivity contribution in [3.63, 3.8) is 0 Å². The number of unbranched alkanes of at least 4 members (excludes halogenated alkanes) is 13. The molecular weight excluding hydrogens is 378 g/mol. The summed E-state index contributed by atoms with van der Waals surface area (Å²) in [5.74, 6) is -0.412. The highest BCUT2D eigenvalue weighted by atomic mass is 16.6. The molecule has 0 spiro atoms. The molecule has 0 bridgehead atoms. The number of ether oxygens (including phenoxy) is 2. The molecule has 0 rings (SSSR count). The minimum atomic E-state index is -0.724. The van der Waals surface area contributed by atoms with Crippen molar-refractivity contribution < 1.29 is 19.1 Å². The first-order chi connectivity index (χ1) is 14.7. The second-order valence-corrected chi connectivity index (χ2v) is 8.12. The lowest BCUT2D eigenvalue weighted by Gasteiger charge is -2.16. The summed E-state index contributed by atoms with van der Waals surface area (Å²) in [6.07, 6.45) is 19.3. The Kier molecular flexibility index (Phi) is 21.0. The van der Waals surface area contributed by atoms with Crippen molar-refractivity contribution in [1.82, 2.24) is 5.32 Å². The van der Waals surface area contributed by atoms with Crippen LogP contribution in [0.5, 0.6) is 0 Å². The van der Waals surface area contributed by atoms with Gasteiger partial charge in [0.15, 0.2) is 0 Å². The summed E-state index contributed by atoms with van der Waals surface area (Å²) in [4.78, 5) is 24.1. The number of esters is 1. The molecule has 0 saturated heterocycles. The lowest BCUT2D eigenvalue weighted by Crippen LogP contribution is -2.42. The van der Waals surface area contributed by atoms with Crippen molar-refractivity contribution >= 4 is 12.1 Å². The van der Waals surface area contributed by atoms with E-state index in [4.69, 9.17) is 9.47 Å². The molecule has 0 heterocycles. The van der Waals surface area contributed by atoms with E-state index in [1.807, 2.05) is 0 Å². The molecule has 5 heteroatoms. The number of hydrogen-bond donors (Lipinski definition) is 1. The van der Waals surface area contributed by atoms with Crippen LogP contribution in [0.3, 0.4) is 0 Å². The molecule has 0 fully saturated rings. The predicted molar refractivity (Wildman–Crippen MR) is 125 cm³/mol. The number of rotatable bonds is 21. The summed E-state index contributed by atoms with van der Waals surface area (Å²) >= 11 is 0. The van der Waals surface area contributed by atoms with Crippen LogP contribution in [0.4, 0.5) is 4.79 Å². The van der Waals surface area contributed by atoms with Gasteiger partial charge in [-0.1, -0.05) is 103 Å². The molecule has 1 N–H and O–H groups in total. The SMILES string of the molecule is C=CCC(NC(=O)OCCCCCC)C(=O)OCCCCCCCCCCCCC. The number of nitrogens with one attached hydrogen (secondary N) is 1. The second kappa shape index (κ2) is 22.2. The second-order valence-electron chi connectivity index (χ2n) is 8.12. The molecule has 5 nitrogen and oxygen atoms in total. The van der Waals surface area contributed by atoms with Gasteiger partial charge in [0.25, 0.3) is 0 Å². The lowest BCUT2D eigenvalue weighted by atomic mass is 10.1. The zero-order valence-electron chi connectivity index (χ0n) is 19.7. The van der Waals surface area contributed by atoms with Crippen LogP contribution in [-0.2, 0) is 14.3 Å². The zero-order valence-corrected chi connectivity index (χ0v) is 19.7. The lowest BCUT2D eigenvalue weighted by molar-refractivity contribution is -0.146. The fraction of sp³-hybridized carbons (Fsp3) is 0.840. The molecule has 30 heavy (non-hydrogen) atoms. The maximum absolute atomic E-state index is 12.2. The van der Waals surface area contributed by atoms with E-state index in [1.165, 1.54) is 57.8 Å². The molecule has 0 aromatic carbocycles. The molecule has 0 aromatic rings. The van der Waals surface area contributed by atoms with Crippen LogP contribution in [0.1, 0.15) is 117 Å². The third-order valence-corrected chi connectivity index (χ3v) is 5.20. The Bertz CT molecular complexity index is 425. The van der Waals surface area contributed by atoms with Crippen LogP contribution in [0.25, 0.3) is 0 Å². The molecule has 0 aromatic heterocycles. The molecular formula is C25H47NO4. The standard InChI is InChI=1S/C25H47NO4/c1-4-7-9-11-12-13-14-15-16-17-19-21-29-24(27)23(20-6-3)26-25(28)30-22-18-10-8-5-2/h6,23H,3-5,7-22H2,1-2H3,(H,26,28). The smallest absolute Gasteiger partial charge is 0.407 e. The van der Waals surface area contributed by atoms with Crippen LogP contribution in [0.15, 0.2) is 12.7 Å². The molecule has 0 saturated carbocycles. The van der Waals surface area contributed by atoms with Crippen molar-refractivity contribution in [3.05, 3.63) is 12.7 Å². The van der Waals surface area contributed by atoms with E-state index in [-0.39, 0.29) is 0 Å². The molecule has 1 amide bonds. The third-order valence-electron chi connectivity index (χ3n) is 5.20. The van der Waals surface area contributed by atoms with Crippen LogP contribution in [-0.4, -0.2) is 31.3 Å². The number of alkyl carbamates (subject to hydrolysis) is 1. The highest BCUT2D eigenvalue weighted by Crippen LogP contribution is 2.11. The minimum absolute atomic E-state index is 0.335. The van der Waals surface area contributed by atoms with Crippen molar-refractivity contribution in [1.29, 1.82) is 0 Å². The summed E-state index contributed by atoms with van der Waals surface area (Å²) < 4.78 is 10.5. The summed E-state index contributed by atoms with van der Waals surface area (Å²) in [6.45, 7) is 8.81. The Morgan fingerprint density at radius 3 is 1.67 bits per heavy atom. The normalized spacial score (nSPS) is 11.7. The monoisotopic (exact) mass is 425 g/mol.